The van der Waals surface area contributed by atoms with Crippen molar-refractivity contribution in [1.82, 2.24) is 20.2 Å². The number of carboxylic acid groups (broad SMARTS) is 1. The minimum absolute atomic E-state index is 0.310. The van der Waals surface area contributed by atoms with E-state index >= 15 is 0 Å². The van der Waals surface area contributed by atoms with Crippen molar-refractivity contribution in [2.24, 2.45) is 0 Å². The molecule has 0 atom stereocenters. The average molecular weight is 346 g/mol. The van der Waals surface area contributed by atoms with Gasteiger partial charge in [-0.05, 0) is 42.5 Å². The van der Waals surface area contributed by atoms with Crippen LogP contribution in [-0.2, 0) is 10.3 Å². The highest BCUT2D eigenvalue weighted by Gasteiger charge is 2.34. The normalized spacial score (nSPS) is 11.6. The molecule has 0 unspecified atom stereocenters. The van der Waals surface area contributed by atoms with Crippen molar-refractivity contribution in [3.05, 3.63) is 27.7 Å². The van der Waals surface area contributed by atoms with E-state index in [-0.39, 0.29) is 0 Å². The van der Waals surface area contributed by atoms with Gasteiger partial charge in [-0.1, -0.05) is 27.5 Å². The molecular weight excluding hydrogens is 336 g/mol. The number of rotatable bonds is 3. The van der Waals surface area contributed by atoms with Crippen LogP contribution in [0.25, 0.3) is 11.4 Å². The first-order chi connectivity index (χ1) is 8.84. The molecule has 6 nitrogen and oxygen atoms in total. The van der Waals surface area contributed by atoms with E-state index in [1.165, 1.54) is 18.5 Å². The molecule has 0 amide bonds. The number of halogens is 2. The molecule has 8 heteroatoms. The van der Waals surface area contributed by atoms with E-state index in [0.717, 1.165) is 4.47 Å². The van der Waals surface area contributed by atoms with Gasteiger partial charge in [0.05, 0.1) is 5.02 Å². The smallest absolute Gasteiger partial charge is 0.331 e. The SMILES string of the molecule is CC(C)(C(=O)O)n1nnnc1-c1ccc(Br)cc1Cl. The van der Waals surface area contributed by atoms with Gasteiger partial charge in [0.2, 0.25) is 0 Å². The highest BCUT2D eigenvalue weighted by atomic mass is 79.9. The monoisotopic (exact) mass is 344 g/mol. The third-order valence-electron chi connectivity index (χ3n) is 2.69. The van der Waals surface area contributed by atoms with Crippen molar-refractivity contribution in [3.8, 4) is 11.4 Å². The third-order valence-corrected chi connectivity index (χ3v) is 3.50. The van der Waals surface area contributed by atoms with Crippen molar-refractivity contribution in [1.29, 1.82) is 0 Å². The molecule has 0 bridgehead atoms. The zero-order valence-corrected chi connectivity index (χ0v) is 12.5. The molecule has 1 N–H and O–H groups in total. The maximum atomic E-state index is 11.3. The van der Waals surface area contributed by atoms with E-state index in [1.54, 1.807) is 18.2 Å². The van der Waals surface area contributed by atoms with Crippen molar-refractivity contribution < 1.29 is 9.90 Å². The molecule has 0 radical (unpaired) electrons. The number of carboxylic acids is 1. The number of hydrogen-bond donors (Lipinski definition) is 1. The molecule has 19 heavy (non-hydrogen) atoms. The Balaban J connectivity index is 2.60. The number of nitrogens with zero attached hydrogens (tertiary/aromatic N) is 4. The van der Waals surface area contributed by atoms with Crippen LogP contribution in [0.3, 0.4) is 0 Å². The standard InChI is InChI=1S/C11H10BrClN4O2/c1-11(2,10(18)19)17-9(14-15-16-17)7-4-3-6(12)5-8(7)13/h3-5H,1-2H3,(H,18,19). The molecule has 2 aromatic rings. The molecule has 2 rings (SSSR count). The van der Waals surface area contributed by atoms with Gasteiger partial charge in [-0.15, -0.1) is 5.10 Å². The van der Waals surface area contributed by atoms with Gasteiger partial charge in [-0.25, -0.2) is 9.48 Å². The van der Waals surface area contributed by atoms with Gasteiger partial charge >= 0.3 is 5.97 Å². The fraction of sp³-hybridized carbons (Fsp3) is 0.273. The van der Waals surface area contributed by atoms with Crippen LogP contribution in [-0.4, -0.2) is 31.3 Å². The molecule has 0 fully saturated rings. The molecule has 1 aromatic heterocycles. The lowest BCUT2D eigenvalue weighted by atomic mass is 10.1. The van der Waals surface area contributed by atoms with E-state index in [1.807, 2.05) is 0 Å². The third kappa shape index (κ3) is 2.48. The van der Waals surface area contributed by atoms with Crippen LogP contribution >= 0.6 is 27.5 Å². The Hall–Kier alpha value is -1.47. The highest BCUT2D eigenvalue weighted by Crippen LogP contribution is 2.31. The van der Waals surface area contributed by atoms with Gasteiger partial charge in [0.25, 0.3) is 0 Å². The lowest BCUT2D eigenvalue weighted by Gasteiger charge is -2.20. The maximum Gasteiger partial charge on any atom is 0.331 e. The Kier molecular flexibility index (Phi) is 3.60. The number of tetrazole rings is 1. The summed E-state index contributed by atoms with van der Waals surface area (Å²) in [6, 6.07) is 5.21. The summed E-state index contributed by atoms with van der Waals surface area (Å²) in [5.74, 6) is -0.723. The molecule has 1 aromatic carbocycles. The number of benzene rings is 1. The first-order valence-corrected chi connectivity index (χ1v) is 6.49. The molecular formula is C11H10BrClN4O2. The van der Waals surface area contributed by atoms with Crippen LogP contribution in [0.4, 0.5) is 0 Å². The van der Waals surface area contributed by atoms with E-state index in [9.17, 15) is 9.90 Å². The molecule has 0 saturated heterocycles. The Morgan fingerprint density at radius 2 is 2.16 bits per heavy atom. The molecule has 0 aliphatic heterocycles. The summed E-state index contributed by atoms with van der Waals surface area (Å²) in [5, 5.41) is 20.8. The zero-order valence-electron chi connectivity index (χ0n) is 10.1. The van der Waals surface area contributed by atoms with Gasteiger partial charge in [0.1, 0.15) is 0 Å². The first kappa shape index (κ1) is 14.0. The van der Waals surface area contributed by atoms with E-state index in [4.69, 9.17) is 11.6 Å². The molecule has 0 spiro atoms. The van der Waals surface area contributed by atoms with E-state index in [0.29, 0.717) is 16.4 Å². The van der Waals surface area contributed by atoms with Crippen molar-refractivity contribution in [2.75, 3.05) is 0 Å². The van der Waals surface area contributed by atoms with Crippen molar-refractivity contribution >= 4 is 33.5 Å². The summed E-state index contributed by atoms with van der Waals surface area (Å²) in [6.07, 6.45) is 0. The second-order valence-electron chi connectivity index (χ2n) is 4.40. The van der Waals surface area contributed by atoms with Gasteiger partial charge in [-0.2, -0.15) is 0 Å². The lowest BCUT2D eigenvalue weighted by molar-refractivity contribution is -0.146. The van der Waals surface area contributed by atoms with Gasteiger partial charge in [-0.3, -0.25) is 0 Å². The van der Waals surface area contributed by atoms with Gasteiger partial charge in [0, 0.05) is 10.0 Å². The van der Waals surface area contributed by atoms with Crippen LogP contribution in [0.2, 0.25) is 5.02 Å². The fourth-order valence-corrected chi connectivity index (χ4v) is 2.25. The summed E-state index contributed by atoms with van der Waals surface area (Å²) in [6.45, 7) is 3.03. The number of aliphatic carboxylic acids is 1. The molecule has 0 saturated carbocycles. The summed E-state index contributed by atoms with van der Waals surface area (Å²) >= 11 is 9.44. The fourth-order valence-electron chi connectivity index (χ4n) is 1.49. The second-order valence-corrected chi connectivity index (χ2v) is 5.73. The highest BCUT2D eigenvalue weighted by molar-refractivity contribution is 9.10. The molecule has 100 valence electrons. The predicted octanol–water partition coefficient (Wildman–Crippen LogP) is 2.58. The summed E-state index contributed by atoms with van der Waals surface area (Å²) in [4.78, 5) is 11.3. The zero-order chi connectivity index (χ0) is 14.2. The van der Waals surface area contributed by atoms with Crippen LogP contribution in [0, 0.1) is 0 Å². The topological polar surface area (TPSA) is 80.9 Å². The summed E-state index contributed by atoms with van der Waals surface area (Å²) in [5.41, 5.74) is -0.695. The minimum Gasteiger partial charge on any atom is -0.479 e. The largest absolute Gasteiger partial charge is 0.479 e. The van der Waals surface area contributed by atoms with Gasteiger partial charge < -0.3 is 5.11 Å². The molecule has 0 aliphatic carbocycles. The second kappa shape index (κ2) is 4.90. The van der Waals surface area contributed by atoms with Crippen LogP contribution in [0.15, 0.2) is 22.7 Å². The Bertz CT molecular complexity index is 641. The molecule has 0 aliphatic rings. The van der Waals surface area contributed by atoms with Crippen LogP contribution in [0.1, 0.15) is 13.8 Å². The quantitative estimate of drug-likeness (QED) is 0.924. The Morgan fingerprint density at radius 3 is 2.74 bits per heavy atom. The molecule has 1 heterocycles. The van der Waals surface area contributed by atoms with E-state index < -0.39 is 11.5 Å². The predicted molar refractivity (Wildman–Crippen MR) is 72.9 cm³/mol. The Labute approximate surface area is 122 Å². The first-order valence-electron chi connectivity index (χ1n) is 5.31. The number of aromatic nitrogens is 4. The maximum absolute atomic E-state index is 11.3. The minimum atomic E-state index is -1.27. The summed E-state index contributed by atoms with van der Waals surface area (Å²) < 4.78 is 2.06. The van der Waals surface area contributed by atoms with Crippen molar-refractivity contribution in [3.63, 3.8) is 0 Å². The Morgan fingerprint density at radius 1 is 1.47 bits per heavy atom. The van der Waals surface area contributed by atoms with Crippen molar-refractivity contribution in [2.45, 2.75) is 19.4 Å². The van der Waals surface area contributed by atoms with Gasteiger partial charge in [0.15, 0.2) is 11.4 Å². The number of hydrogen-bond acceptors (Lipinski definition) is 4. The van der Waals surface area contributed by atoms with Crippen LogP contribution < -0.4 is 0 Å². The van der Waals surface area contributed by atoms with E-state index in [2.05, 4.69) is 31.5 Å². The summed E-state index contributed by atoms with van der Waals surface area (Å²) in [7, 11) is 0. The van der Waals surface area contributed by atoms with Crippen LogP contribution in [0.5, 0.6) is 0 Å². The number of carbonyl (C=O) groups is 1. The average Bonchev–Trinajstić information content (AvgIpc) is 2.78. The lowest BCUT2D eigenvalue weighted by Crippen LogP contribution is -2.37.